The summed E-state index contributed by atoms with van der Waals surface area (Å²) in [6.07, 6.45) is 0.625. The third-order valence-electron chi connectivity index (χ3n) is 1.03. The fourth-order valence-electron chi connectivity index (χ4n) is 0.0668. The quantitative estimate of drug-likeness (QED) is 0.458. The number of rotatable bonds is 1. The molecule has 0 aliphatic carbocycles. The van der Waals surface area contributed by atoms with Gasteiger partial charge in [-0.1, -0.05) is 34.8 Å². The van der Waals surface area contributed by atoms with E-state index in [9.17, 15) is 4.79 Å². The molecule has 0 amide bonds. The summed E-state index contributed by atoms with van der Waals surface area (Å²) in [7, 11) is 0. The van der Waals surface area contributed by atoms with Crippen molar-refractivity contribution in [3.63, 3.8) is 0 Å². The molecule has 0 spiro atoms. The zero-order valence-corrected chi connectivity index (χ0v) is 7.39. The second kappa shape index (κ2) is 2.65. The van der Waals surface area contributed by atoms with Crippen LogP contribution in [0.4, 0.5) is 0 Å². The zero-order valence-electron chi connectivity index (χ0n) is 5.12. The number of carbonyl (C=O) groups excluding carboxylic acids is 1. The van der Waals surface area contributed by atoms with Crippen LogP contribution in [-0.4, -0.2) is 10.1 Å². The topological polar surface area (TPSA) is 17.1 Å². The Kier molecular flexibility index (Phi) is 2.81. The predicted octanol–water partition coefficient (Wildman–Crippen LogP) is 2.58. The molecule has 0 rings (SSSR count). The van der Waals surface area contributed by atoms with Gasteiger partial charge in [-0.3, -0.25) is 0 Å². The van der Waals surface area contributed by atoms with Crippen LogP contribution in [0.25, 0.3) is 0 Å². The lowest BCUT2D eigenvalue weighted by atomic mass is 9.99. The molecule has 0 radical (unpaired) electrons. The molecule has 0 N–H and O–H groups in total. The molecule has 0 fully saturated rings. The number of hydrogen-bond acceptors (Lipinski definition) is 1. The van der Waals surface area contributed by atoms with Gasteiger partial charge in [-0.2, -0.15) is 0 Å². The molecule has 0 aliphatic heterocycles. The van der Waals surface area contributed by atoms with E-state index < -0.39 is 9.21 Å². The van der Waals surface area contributed by atoms with Crippen LogP contribution in [0.2, 0.25) is 0 Å². The predicted molar refractivity (Wildman–Crippen MR) is 40.1 cm³/mol. The fourth-order valence-corrected chi connectivity index (χ4v) is 0.200. The van der Waals surface area contributed by atoms with Crippen molar-refractivity contribution in [2.75, 3.05) is 0 Å². The summed E-state index contributed by atoms with van der Waals surface area (Å²) in [6.45, 7) is 3.12. The minimum absolute atomic E-state index is 0.625. The Morgan fingerprint density at radius 2 is 1.56 bits per heavy atom. The average molecular weight is 189 g/mol. The molecule has 0 heterocycles. The highest BCUT2D eigenvalue weighted by molar-refractivity contribution is 6.68. The molecule has 54 valence electrons. The van der Waals surface area contributed by atoms with Crippen LogP contribution in [0, 0.1) is 5.41 Å². The summed E-state index contributed by atoms with van der Waals surface area (Å²) in [5.74, 6) is 0. The Hall–Kier alpha value is 0.540. The van der Waals surface area contributed by atoms with Crippen LogP contribution in [0.15, 0.2) is 0 Å². The standard InChI is InChI=1S/C5H7Cl3O/c1-4(2,3-9)5(6,7)8/h3H,1-2H3. The van der Waals surface area contributed by atoms with Crippen LogP contribution >= 0.6 is 34.8 Å². The van der Waals surface area contributed by atoms with E-state index in [1.807, 2.05) is 0 Å². The van der Waals surface area contributed by atoms with Crippen molar-refractivity contribution in [3.8, 4) is 0 Å². The number of aldehydes is 1. The van der Waals surface area contributed by atoms with E-state index in [0.29, 0.717) is 6.29 Å². The van der Waals surface area contributed by atoms with E-state index in [4.69, 9.17) is 34.8 Å². The van der Waals surface area contributed by atoms with Gasteiger partial charge in [0.05, 0.1) is 5.41 Å². The van der Waals surface area contributed by atoms with E-state index >= 15 is 0 Å². The molecule has 0 saturated heterocycles. The maximum atomic E-state index is 10.2. The number of hydrogen-bond donors (Lipinski definition) is 0. The van der Waals surface area contributed by atoms with Crippen LogP contribution in [0.3, 0.4) is 0 Å². The van der Waals surface area contributed by atoms with Crippen molar-refractivity contribution < 1.29 is 4.79 Å². The molecule has 0 aliphatic rings. The van der Waals surface area contributed by atoms with Crippen molar-refractivity contribution in [3.05, 3.63) is 0 Å². The normalized spacial score (nSPS) is 13.4. The Balaban J connectivity index is 4.32. The Morgan fingerprint density at radius 1 is 1.22 bits per heavy atom. The van der Waals surface area contributed by atoms with E-state index in [2.05, 4.69) is 0 Å². The third-order valence-corrected chi connectivity index (χ3v) is 2.49. The Morgan fingerprint density at radius 3 is 1.56 bits per heavy atom. The lowest BCUT2D eigenvalue weighted by Gasteiger charge is -2.25. The van der Waals surface area contributed by atoms with E-state index in [1.165, 1.54) is 0 Å². The molecule has 0 aromatic carbocycles. The van der Waals surface area contributed by atoms with Gasteiger partial charge in [0.2, 0.25) is 3.79 Å². The van der Waals surface area contributed by atoms with E-state index in [-0.39, 0.29) is 0 Å². The smallest absolute Gasteiger partial charge is 0.202 e. The first-order valence-electron chi connectivity index (χ1n) is 2.34. The minimum Gasteiger partial charge on any atom is -0.303 e. The minimum atomic E-state index is -1.51. The second-order valence-electron chi connectivity index (χ2n) is 2.34. The Labute approximate surface area is 69.3 Å². The van der Waals surface area contributed by atoms with Gasteiger partial charge in [0, 0.05) is 0 Å². The van der Waals surface area contributed by atoms with Gasteiger partial charge in [0.25, 0.3) is 0 Å². The zero-order chi connectivity index (χ0) is 7.71. The summed E-state index contributed by atoms with van der Waals surface area (Å²) in [5, 5.41) is 0. The van der Waals surface area contributed by atoms with Gasteiger partial charge in [-0.25, -0.2) is 0 Å². The van der Waals surface area contributed by atoms with Crippen LogP contribution < -0.4 is 0 Å². The molecule has 0 aromatic rings. The molecule has 0 atom stereocenters. The highest BCUT2D eigenvalue weighted by atomic mass is 35.6. The van der Waals surface area contributed by atoms with E-state index in [1.54, 1.807) is 13.8 Å². The molecule has 4 heteroatoms. The summed E-state index contributed by atoms with van der Waals surface area (Å²) in [5.41, 5.74) is -0.905. The van der Waals surface area contributed by atoms with Crippen molar-refractivity contribution in [1.82, 2.24) is 0 Å². The molecule has 0 saturated carbocycles. The van der Waals surface area contributed by atoms with Crippen LogP contribution in [0.5, 0.6) is 0 Å². The van der Waals surface area contributed by atoms with Crippen molar-refractivity contribution in [1.29, 1.82) is 0 Å². The first-order chi connectivity index (χ1) is 3.81. The first kappa shape index (κ1) is 9.54. The first-order valence-corrected chi connectivity index (χ1v) is 3.48. The summed E-state index contributed by atoms with van der Waals surface area (Å²) < 4.78 is -1.51. The highest BCUT2D eigenvalue weighted by Gasteiger charge is 2.40. The van der Waals surface area contributed by atoms with Gasteiger partial charge < -0.3 is 4.79 Å². The SMILES string of the molecule is CC(C)(C=O)C(Cl)(Cl)Cl. The lowest BCUT2D eigenvalue weighted by molar-refractivity contribution is -0.114. The summed E-state index contributed by atoms with van der Waals surface area (Å²) in [4.78, 5) is 10.2. The molecule has 9 heavy (non-hydrogen) atoms. The van der Waals surface area contributed by atoms with Crippen LogP contribution in [-0.2, 0) is 4.79 Å². The molecule has 0 bridgehead atoms. The monoisotopic (exact) mass is 188 g/mol. The Bertz CT molecular complexity index is 114. The lowest BCUT2D eigenvalue weighted by Crippen LogP contribution is -2.30. The maximum absolute atomic E-state index is 10.2. The molecular weight excluding hydrogens is 182 g/mol. The van der Waals surface area contributed by atoms with Crippen molar-refractivity contribution in [2.45, 2.75) is 17.6 Å². The van der Waals surface area contributed by atoms with Crippen LogP contribution in [0.1, 0.15) is 13.8 Å². The highest BCUT2D eigenvalue weighted by Crippen LogP contribution is 2.42. The maximum Gasteiger partial charge on any atom is 0.202 e. The number of alkyl halides is 3. The molecule has 0 unspecified atom stereocenters. The van der Waals surface area contributed by atoms with Gasteiger partial charge in [-0.15, -0.1) is 0 Å². The fraction of sp³-hybridized carbons (Fsp3) is 0.800. The van der Waals surface area contributed by atoms with Gasteiger partial charge in [0.15, 0.2) is 0 Å². The van der Waals surface area contributed by atoms with Gasteiger partial charge >= 0.3 is 0 Å². The van der Waals surface area contributed by atoms with Gasteiger partial charge in [0.1, 0.15) is 6.29 Å². The molecule has 1 nitrogen and oxygen atoms in total. The number of halogens is 3. The second-order valence-corrected chi connectivity index (χ2v) is 4.62. The van der Waals surface area contributed by atoms with Gasteiger partial charge in [-0.05, 0) is 13.8 Å². The summed E-state index contributed by atoms with van der Waals surface area (Å²) in [6, 6.07) is 0. The largest absolute Gasteiger partial charge is 0.303 e. The van der Waals surface area contributed by atoms with E-state index in [0.717, 1.165) is 0 Å². The third kappa shape index (κ3) is 2.32. The molecular formula is C5H7Cl3O. The summed E-state index contributed by atoms with van der Waals surface area (Å²) >= 11 is 16.3. The number of carbonyl (C=O) groups is 1. The molecule has 0 aromatic heterocycles. The van der Waals surface area contributed by atoms with Crippen molar-refractivity contribution >= 4 is 41.1 Å². The average Bonchev–Trinajstić information content (AvgIpc) is 1.64. The van der Waals surface area contributed by atoms with Crippen molar-refractivity contribution in [2.24, 2.45) is 5.41 Å².